The fourth-order valence-corrected chi connectivity index (χ4v) is 4.46. The van der Waals surface area contributed by atoms with Gasteiger partial charge >= 0.3 is 5.97 Å². The molecule has 0 saturated carbocycles. The average molecular weight is 394 g/mol. The first-order chi connectivity index (χ1) is 13.7. The lowest BCUT2D eigenvalue weighted by atomic mass is 10.1. The number of benzene rings is 2. The first kappa shape index (κ1) is 18.6. The Morgan fingerprint density at radius 2 is 1.68 bits per heavy atom. The maximum absolute atomic E-state index is 12.7. The summed E-state index contributed by atoms with van der Waals surface area (Å²) in [6, 6.07) is 15.1. The molecule has 0 aliphatic carbocycles. The second-order valence-electron chi connectivity index (χ2n) is 6.90. The van der Waals surface area contributed by atoms with E-state index in [4.69, 9.17) is 4.74 Å². The highest BCUT2D eigenvalue weighted by molar-refractivity contribution is 7.21. The van der Waals surface area contributed by atoms with Gasteiger partial charge in [-0.3, -0.25) is 4.79 Å². The minimum atomic E-state index is -0.488. The van der Waals surface area contributed by atoms with Gasteiger partial charge in [0.1, 0.15) is 5.01 Å². The Labute approximate surface area is 168 Å². The lowest BCUT2D eigenvalue weighted by molar-refractivity contribution is -0.134. The Balaban J connectivity index is 1.49. The maximum atomic E-state index is 12.7. The van der Waals surface area contributed by atoms with E-state index in [2.05, 4.69) is 4.98 Å². The van der Waals surface area contributed by atoms with Crippen LogP contribution in [0.5, 0.6) is 0 Å². The number of para-hydroxylation sites is 1. The van der Waals surface area contributed by atoms with Crippen LogP contribution in [0.4, 0.5) is 0 Å². The summed E-state index contributed by atoms with van der Waals surface area (Å²) in [5, 5.41) is 0.771. The van der Waals surface area contributed by atoms with Crippen molar-refractivity contribution in [2.24, 2.45) is 0 Å². The van der Waals surface area contributed by atoms with Crippen molar-refractivity contribution in [1.29, 1.82) is 0 Å². The zero-order valence-corrected chi connectivity index (χ0v) is 16.4. The number of ether oxygens (including phenoxy) is 1. The highest BCUT2D eigenvalue weighted by Gasteiger charge is 2.20. The van der Waals surface area contributed by atoms with E-state index in [1.807, 2.05) is 36.4 Å². The van der Waals surface area contributed by atoms with Crippen LogP contribution in [0.3, 0.4) is 0 Å². The number of hydrogen-bond acceptors (Lipinski definition) is 5. The lowest BCUT2D eigenvalue weighted by Gasteiger charge is -2.20. The fraction of sp³-hybridized carbons (Fsp3) is 0.318. The SMILES string of the molecule is O=C(OCC(=O)N1CCCCCC1)c1ccccc1-c1nc2ccccc2s1. The van der Waals surface area contributed by atoms with Crippen LogP contribution >= 0.6 is 11.3 Å². The number of amides is 1. The third-order valence-electron chi connectivity index (χ3n) is 4.96. The third-order valence-corrected chi connectivity index (χ3v) is 6.03. The summed E-state index contributed by atoms with van der Waals surface area (Å²) >= 11 is 1.54. The molecule has 1 amide bonds. The molecule has 0 radical (unpaired) electrons. The maximum Gasteiger partial charge on any atom is 0.339 e. The number of aromatic nitrogens is 1. The average Bonchev–Trinajstić information content (AvgIpc) is 2.97. The molecule has 5 nitrogen and oxygen atoms in total. The molecule has 1 aliphatic rings. The zero-order valence-electron chi connectivity index (χ0n) is 15.6. The second-order valence-corrected chi connectivity index (χ2v) is 7.93. The number of nitrogens with zero attached hydrogens (tertiary/aromatic N) is 2. The number of likely N-dealkylation sites (tertiary alicyclic amines) is 1. The molecular weight excluding hydrogens is 372 g/mol. The monoisotopic (exact) mass is 394 g/mol. The summed E-state index contributed by atoms with van der Waals surface area (Å²) in [6.45, 7) is 1.28. The van der Waals surface area contributed by atoms with E-state index in [0.717, 1.165) is 59.6 Å². The van der Waals surface area contributed by atoms with Gasteiger partial charge < -0.3 is 9.64 Å². The fourth-order valence-electron chi connectivity index (χ4n) is 3.45. The first-order valence-corrected chi connectivity index (χ1v) is 10.4. The predicted molar refractivity (Wildman–Crippen MR) is 110 cm³/mol. The van der Waals surface area contributed by atoms with E-state index >= 15 is 0 Å². The summed E-state index contributed by atoms with van der Waals surface area (Å²) in [6.07, 6.45) is 4.33. The summed E-state index contributed by atoms with van der Waals surface area (Å²) in [7, 11) is 0. The molecule has 144 valence electrons. The van der Waals surface area contributed by atoms with Crippen LogP contribution in [0.25, 0.3) is 20.8 Å². The van der Waals surface area contributed by atoms with Crippen molar-refractivity contribution in [3.05, 3.63) is 54.1 Å². The number of fused-ring (bicyclic) bond motifs is 1. The normalized spacial score (nSPS) is 14.6. The molecule has 3 aromatic rings. The van der Waals surface area contributed by atoms with Gasteiger partial charge in [-0.15, -0.1) is 11.3 Å². The van der Waals surface area contributed by atoms with E-state index in [0.29, 0.717) is 5.56 Å². The smallest absolute Gasteiger partial charge is 0.339 e. The number of rotatable bonds is 4. The van der Waals surface area contributed by atoms with Gasteiger partial charge in [0.05, 0.1) is 15.8 Å². The molecule has 0 N–H and O–H groups in total. The van der Waals surface area contributed by atoms with Crippen LogP contribution in [0.2, 0.25) is 0 Å². The summed E-state index contributed by atoms with van der Waals surface area (Å²) in [5.41, 5.74) is 2.07. The Kier molecular flexibility index (Phi) is 5.67. The minimum Gasteiger partial charge on any atom is -0.452 e. The number of esters is 1. The van der Waals surface area contributed by atoms with Crippen LogP contribution in [0.15, 0.2) is 48.5 Å². The lowest BCUT2D eigenvalue weighted by Crippen LogP contribution is -2.35. The Morgan fingerprint density at radius 3 is 2.46 bits per heavy atom. The van der Waals surface area contributed by atoms with Gasteiger partial charge in [0.25, 0.3) is 5.91 Å². The van der Waals surface area contributed by atoms with Gasteiger partial charge in [-0.05, 0) is 31.0 Å². The Morgan fingerprint density at radius 1 is 0.964 bits per heavy atom. The van der Waals surface area contributed by atoms with Gasteiger partial charge in [0.15, 0.2) is 6.61 Å². The van der Waals surface area contributed by atoms with Crippen LogP contribution < -0.4 is 0 Å². The van der Waals surface area contributed by atoms with Crippen LogP contribution in [0.1, 0.15) is 36.0 Å². The summed E-state index contributed by atoms with van der Waals surface area (Å²) in [5.74, 6) is -0.606. The predicted octanol–water partition coefficient (Wildman–Crippen LogP) is 4.52. The Bertz CT molecular complexity index is 957. The van der Waals surface area contributed by atoms with E-state index < -0.39 is 5.97 Å². The second kappa shape index (κ2) is 8.52. The Hall–Kier alpha value is -2.73. The van der Waals surface area contributed by atoms with Crippen molar-refractivity contribution in [3.8, 4) is 10.6 Å². The quantitative estimate of drug-likeness (QED) is 0.611. The molecular formula is C22H22N2O3S. The number of thiazole rings is 1. The molecule has 6 heteroatoms. The minimum absolute atomic E-state index is 0.118. The van der Waals surface area contributed by atoms with E-state index in [1.54, 1.807) is 17.0 Å². The molecule has 4 rings (SSSR count). The van der Waals surface area contributed by atoms with Crippen LogP contribution in [-0.2, 0) is 9.53 Å². The number of carbonyl (C=O) groups excluding carboxylic acids is 2. The molecule has 1 fully saturated rings. The van der Waals surface area contributed by atoms with Crippen molar-refractivity contribution in [3.63, 3.8) is 0 Å². The van der Waals surface area contributed by atoms with Crippen molar-refractivity contribution in [1.82, 2.24) is 9.88 Å². The molecule has 28 heavy (non-hydrogen) atoms. The van der Waals surface area contributed by atoms with Crippen molar-refractivity contribution >= 4 is 33.4 Å². The van der Waals surface area contributed by atoms with Gasteiger partial charge in [-0.2, -0.15) is 0 Å². The largest absolute Gasteiger partial charge is 0.452 e. The first-order valence-electron chi connectivity index (χ1n) is 9.62. The molecule has 1 aromatic heterocycles. The highest BCUT2D eigenvalue weighted by atomic mass is 32.1. The molecule has 0 atom stereocenters. The molecule has 0 unspecified atom stereocenters. The summed E-state index contributed by atoms with van der Waals surface area (Å²) in [4.78, 5) is 31.5. The molecule has 2 aromatic carbocycles. The molecule has 2 heterocycles. The number of carbonyl (C=O) groups is 2. The van der Waals surface area contributed by atoms with Crippen LogP contribution in [0, 0.1) is 0 Å². The zero-order chi connectivity index (χ0) is 19.3. The number of hydrogen-bond donors (Lipinski definition) is 0. The van der Waals surface area contributed by atoms with Crippen molar-refractivity contribution < 1.29 is 14.3 Å². The van der Waals surface area contributed by atoms with E-state index in [9.17, 15) is 9.59 Å². The molecule has 1 saturated heterocycles. The molecule has 1 aliphatic heterocycles. The van der Waals surface area contributed by atoms with E-state index in [1.165, 1.54) is 11.3 Å². The standard InChI is InChI=1S/C22H22N2O3S/c25-20(24-13-7-1-2-8-14-24)15-27-22(26)17-10-4-3-9-16(17)21-23-18-11-5-6-12-19(18)28-21/h3-6,9-12H,1-2,7-8,13-15H2. The van der Waals surface area contributed by atoms with Gasteiger partial charge in [-0.1, -0.05) is 43.2 Å². The summed E-state index contributed by atoms with van der Waals surface area (Å²) < 4.78 is 6.43. The van der Waals surface area contributed by atoms with Gasteiger partial charge in [0, 0.05) is 18.7 Å². The van der Waals surface area contributed by atoms with Crippen molar-refractivity contribution in [2.45, 2.75) is 25.7 Å². The van der Waals surface area contributed by atoms with Crippen LogP contribution in [-0.4, -0.2) is 41.5 Å². The van der Waals surface area contributed by atoms with Gasteiger partial charge in [0.2, 0.25) is 0 Å². The van der Waals surface area contributed by atoms with Gasteiger partial charge in [-0.25, -0.2) is 9.78 Å². The highest BCUT2D eigenvalue weighted by Crippen LogP contribution is 2.32. The van der Waals surface area contributed by atoms with Crippen molar-refractivity contribution in [2.75, 3.05) is 19.7 Å². The molecule has 0 spiro atoms. The topological polar surface area (TPSA) is 59.5 Å². The third kappa shape index (κ3) is 4.07. The van der Waals surface area contributed by atoms with E-state index in [-0.39, 0.29) is 12.5 Å². The molecule has 0 bridgehead atoms.